The number of methoxy groups -OCH3 is 1. The average Bonchev–Trinajstić information content (AvgIpc) is 2.21. The van der Waals surface area contributed by atoms with Crippen molar-refractivity contribution in [3.8, 4) is 0 Å². The van der Waals surface area contributed by atoms with Crippen LogP contribution in [0, 0.1) is 16.7 Å². The van der Waals surface area contributed by atoms with Crippen LogP contribution in [0.15, 0.2) is 0 Å². The van der Waals surface area contributed by atoms with Gasteiger partial charge in [0.05, 0.1) is 7.11 Å². The summed E-state index contributed by atoms with van der Waals surface area (Å²) in [5.74, 6) is -0.646. The lowest BCUT2D eigenvalue weighted by molar-refractivity contribution is -0.159. The summed E-state index contributed by atoms with van der Waals surface area (Å²) in [6.45, 7) is 4.68. The smallest absolute Gasteiger partial charge is 0.396 e. The van der Waals surface area contributed by atoms with Gasteiger partial charge in [-0.2, -0.15) is 0 Å². The Hall–Kier alpha value is -1.06. The summed E-state index contributed by atoms with van der Waals surface area (Å²) in [6.07, 6.45) is 6.85. The highest BCUT2D eigenvalue weighted by molar-refractivity contribution is 6.32. The van der Waals surface area contributed by atoms with Gasteiger partial charge in [0.2, 0.25) is 0 Å². The second-order valence-electron chi connectivity index (χ2n) is 7.86. The van der Waals surface area contributed by atoms with Crippen LogP contribution in [0.4, 0.5) is 0 Å². The maximum Gasteiger partial charge on any atom is 0.396 e. The summed E-state index contributed by atoms with van der Waals surface area (Å²) in [4.78, 5) is 23.2. The zero-order valence-electron chi connectivity index (χ0n) is 12.0. The van der Waals surface area contributed by atoms with Crippen molar-refractivity contribution < 1.29 is 14.3 Å². The second-order valence-corrected chi connectivity index (χ2v) is 7.86. The fourth-order valence-corrected chi connectivity index (χ4v) is 5.97. The van der Waals surface area contributed by atoms with Crippen LogP contribution in [0.25, 0.3) is 0 Å². The molecule has 4 aliphatic rings. The van der Waals surface area contributed by atoms with Gasteiger partial charge in [-0.15, -0.1) is 0 Å². The summed E-state index contributed by atoms with van der Waals surface area (Å²) < 4.78 is 4.53. The Bertz CT molecular complexity index is 427. The third-order valence-electron chi connectivity index (χ3n) is 5.38. The third kappa shape index (κ3) is 2.05. The van der Waals surface area contributed by atoms with Crippen molar-refractivity contribution in [2.75, 3.05) is 7.11 Å². The predicted molar refractivity (Wildman–Crippen MR) is 70.3 cm³/mol. The van der Waals surface area contributed by atoms with Gasteiger partial charge in [-0.05, 0) is 55.3 Å². The molecule has 4 fully saturated rings. The standard InChI is InChI=1S/C15H23NO3/c1-13-4-10-5-14(2,7-13)9-15(6-10,8-13)16-11(17)12(18)19-3/h10H,4-9H2,1-3H3,(H,16,17). The van der Waals surface area contributed by atoms with Crippen LogP contribution in [0.5, 0.6) is 0 Å². The predicted octanol–water partition coefficient (Wildman–Crippen LogP) is 2.02. The minimum atomic E-state index is -0.772. The minimum absolute atomic E-state index is 0.172. The van der Waals surface area contributed by atoms with Crippen LogP contribution in [0.2, 0.25) is 0 Å². The number of nitrogens with one attached hydrogen (secondary N) is 1. The molecule has 1 N–H and O–H groups in total. The van der Waals surface area contributed by atoms with Crippen molar-refractivity contribution in [3.63, 3.8) is 0 Å². The van der Waals surface area contributed by atoms with E-state index < -0.39 is 11.9 Å². The first-order valence-corrected chi connectivity index (χ1v) is 7.18. The van der Waals surface area contributed by atoms with Crippen LogP contribution in [-0.2, 0) is 14.3 Å². The molecule has 0 aromatic heterocycles. The number of amides is 1. The van der Waals surface area contributed by atoms with E-state index >= 15 is 0 Å². The molecular formula is C15H23NO3. The third-order valence-corrected chi connectivity index (χ3v) is 5.38. The first-order chi connectivity index (χ1) is 8.77. The van der Waals surface area contributed by atoms with Crippen molar-refractivity contribution in [1.29, 1.82) is 0 Å². The van der Waals surface area contributed by atoms with Gasteiger partial charge < -0.3 is 10.1 Å². The number of rotatable bonds is 1. The van der Waals surface area contributed by atoms with Crippen molar-refractivity contribution in [3.05, 3.63) is 0 Å². The number of carbonyl (C=O) groups is 2. The Kier molecular flexibility index (Phi) is 2.55. The van der Waals surface area contributed by atoms with Gasteiger partial charge in [0.1, 0.15) is 0 Å². The fourth-order valence-electron chi connectivity index (χ4n) is 5.97. The van der Waals surface area contributed by atoms with E-state index in [2.05, 4.69) is 23.9 Å². The van der Waals surface area contributed by atoms with Crippen LogP contribution >= 0.6 is 0 Å². The molecule has 19 heavy (non-hydrogen) atoms. The van der Waals surface area contributed by atoms with Gasteiger partial charge in [0.15, 0.2) is 0 Å². The van der Waals surface area contributed by atoms with Crippen molar-refractivity contribution in [1.82, 2.24) is 5.32 Å². The van der Waals surface area contributed by atoms with Crippen molar-refractivity contribution in [2.24, 2.45) is 16.7 Å². The Balaban J connectivity index is 1.85. The number of carbonyl (C=O) groups excluding carboxylic acids is 2. The molecule has 0 heterocycles. The lowest BCUT2D eigenvalue weighted by Gasteiger charge is -2.65. The van der Waals surface area contributed by atoms with Crippen LogP contribution in [0.1, 0.15) is 52.4 Å². The van der Waals surface area contributed by atoms with Crippen LogP contribution in [0.3, 0.4) is 0 Å². The molecule has 106 valence electrons. The lowest BCUT2D eigenvalue weighted by atomic mass is 9.43. The number of hydrogen-bond donors (Lipinski definition) is 1. The van der Waals surface area contributed by atoms with Gasteiger partial charge in [0.25, 0.3) is 0 Å². The molecule has 0 aliphatic heterocycles. The molecule has 0 radical (unpaired) electrons. The molecule has 4 rings (SSSR count). The van der Waals surface area contributed by atoms with E-state index in [1.807, 2.05) is 0 Å². The van der Waals surface area contributed by atoms with Gasteiger partial charge >= 0.3 is 11.9 Å². The highest BCUT2D eigenvalue weighted by atomic mass is 16.5. The molecule has 4 nitrogen and oxygen atoms in total. The molecule has 4 heteroatoms. The van der Waals surface area contributed by atoms with Crippen LogP contribution < -0.4 is 5.32 Å². The fraction of sp³-hybridized carbons (Fsp3) is 0.867. The molecule has 0 aromatic rings. The zero-order valence-corrected chi connectivity index (χ0v) is 12.0. The maximum atomic E-state index is 11.9. The summed E-state index contributed by atoms with van der Waals surface area (Å²) in [5, 5.41) is 3.01. The van der Waals surface area contributed by atoms with Gasteiger partial charge in [0, 0.05) is 5.54 Å². The zero-order chi connectivity index (χ0) is 13.9. The quantitative estimate of drug-likeness (QED) is 0.583. The summed E-state index contributed by atoms with van der Waals surface area (Å²) in [5.41, 5.74) is 0.489. The van der Waals surface area contributed by atoms with Crippen molar-refractivity contribution in [2.45, 2.75) is 57.9 Å². The van der Waals surface area contributed by atoms with Crippen molar-refractivity contribution >= 4 is 11.9 Å². The van der Waals surface area contributed by atoms with Crippen LogP contribution in [-0.4, -0.2) is 24.5 Å². The number of esters is 1. The summed E-state index contributed by atoms with van der Waals surface area (Å²) in [6, 6.07) is 0. The first-order valence-electron chi connectivity index (χ1n) is 7.18. The second kappa shape index (κ2) is 3.74. The van der Waals surface area contributed by atoms with E-state index in [-0.39, 0.29) is 5.54 Å². The molecule has 2 atom stereocenters. The topological polar surface area (TPSA) is 55.4 Å². The van der Waals surface area contributed by atoms with E-state index in [0.29, 0.717) is 16.7 Å². The monoisotopic (exact) mass is 265 g/mol. The molecule has 0 spiro atoms. The first kappa shape index (κ1) is 12.9. The van der Waals surface area contributed by atoms with Gasteiger partial charge in [-0.3, -0.25) is 4.79 Å². The molecule has 0 saturated heterocycles. The minimum Gasteiger partial charge on any atom is -0.462 e. The largest absolute Gasteiger partial charge is 0.462 e. The lowest BCUT2D eigenvalue weighted by Crippen LogP contribution is -2.65. The highest BCUT2D eigenvalue weighted by Gasteiger charge is 2.60. The maximum absolute atomic E-state index is 11.9. The Labute approximate surface area is 114 Å². The van der Waals surface area contributed by atoms with E-state index in [1.54, 1.807) is 0 Å². The molecule has 4 aliphatic carbocycles. The highest BCUT2D eigenvalue weighted by Crippen LogP contribution is 2.66. The molecular weight excluding hydrogens is 242 g/mol. The molecule has 4 saturated carbocycles. The number of hydrogen-bond acceptors (Lipinski definition) is 3. The summed E-state index contributed by atoms with van der Waals surface area (Å²) in [7, 11) is 1.25. The molecule has 2 unspecified atom stereocenters. The van der Waals surface area contributed by atoms with Gasteiger partial charge in [-0.1, -0.05) is 13.8 Å². The van der Waals surface area contributed by atoms with E-state index in [4.69, 9.17) is 0 Å². The SMILES string of the molecule is COC(=O)C(=O)NC12CC3CC(C)(CC(C)(C3)C1)C2. The van der Waals surface area contributed by atoms with E-state index in [0.717, 1.165) is 19.3 Å². The average molecular weight is 265 g/mol. The Morgan fingerprint density at radius 1 is 1.05 bits per heavy atom. The van der Waals surface area contributed by atoms with E-state index in [1.165, 1.54) is 26.4 Å². The normalized spacial score (nSPS) is 47.0. The van der Waals surface area contributed by atoms with Gasteiger partial charge in [-0.25, -0.2) is 4.79 Å². The summed E-state index contributed by atoms with van der Waals surface area (Å²) >= 11 is 0. The number of ether oxygens (including phenoxy) is 1. The Morgan fingerprint density at radius 2 is 1.63 bits per heavy atom. The molecule has 0 aromatic carbocycles. The molecule has 4 bridgehead atoms. The van der Waals surface area contributed by atoms with E-state index in [9.17, 15) is 9.59 Å². The Morgan fingerprint density at radius 3 is 2.11 bits per heavy atom. The molecule has 1 amide bonds.